The molecule has 1 fully saturated rings. The van der Waals surface area contributed by atoms with Gasteiger partial charge >= 0.3 is 6.09 Å². The summed E-state index contributed by atoms with van der Waals surface area (Å²) < 4.78 is 5.78. The minimum Gasteiger partial charge on any atom is -0.443 e. The molecule has 7 heteroatoms. The van der Waals surface area contributed by atoms with Crippen molar-refractivity contribution in [3.05, 3.63) is 34.6 Å². The van der Waals surface area contributed by atoms with E-state index in [2.05, 4.69) is 6.92 Å². The monoisotopic (exact) mass is 402 g/mol. The predicted octanol–water partition coefficient (Wildman–Crippen LogP) is 1.97. The van der Waals surface area contributed by atoms with Crippen LogP contribution in [0.1, 0.15) is 40.0 Å². The Morgan fingerprint density at radius 1 is 1.28 bits per heavy atom. The highest BCUT2D eigenvalue weighted by atomic mass is 16.6. The number of hydrogen-bond donors (Lipinski definition) is 2. The standard InChI is InChI=1S/C22H30N2O5/c1-12-16-11-22(3)13(2)19(29-21(28)24-7-5-15(25)6-8-24)18(26)10-14(22)9-17(16)23(4)20(12)27/h9-10,13,15,18-19,25-26H,5-8,11H2,1-4H3. The van der Waals surface area contributed by atoms with Crippen LogP contribution in [-0.2, 0) is 9.53 Å². The molecule has 0 bridgehead atoms. The van der Waals surface area contributed by atoms with Gasteiger partial charge in [-0.25, -0.2) is 4.79 Å². The zero-order valence-electron chi connectivity index (χ0n) is 17.5. The number of aliphatic hydroxyl groups excluding tert-OH is 2. The number of ether oxygens (including phenoxy) is 1. The van der Waals surface area contributed by atoms with E-state index in [1.54, 1.807) is 22.9 Å². The highest BCUT2D eigenvalue weighted by molar-refractivity contribution is 6.00. The molecule has 7 nitrogen and oxygen atoms in total. The van der Waals surface area contributed by atoms with Gasteiger partial charge in [0.25, 0.3) is 5.91 Å². The molecule has 2 amide bonds. The summed E-state index contributed by atoms with van der Waals surface area (Å²) in [5.41, 5.74) is 3.35. The first-order valence-corrected chi connectivity index (χ1v) is 10.4. The summed E-state index contributed by atoms with van der Waals surface area (Å²) in [6, 6.07) is 0. The Balaban J connectivity index is 1.59. The number of hydrogen-bond acceptors (Lipinski definition) is 5. The van der Waals surface area contributed by atoms with Gasteiger partial charge in [0.05, 0.1) is 6.10 Å². The molecule has 2 heterocycles. The molecule has 0 radical (unpaired) electrons. The third kappa shape index (κ3) is 3.11. The van der Waals surface area contributed by atoms with Gasteiger partial charge in [-0.1, -0.05) is 13.8 Å². The summed E-state index contributed by atoms with van der Waals surface area (Å²) in [6.07, 6.45) is 3.16. The molecule has 0 aromatic heterocycles. The summed E-state index contributed by atoms with van der Waals surface area (Å²) in [5.74, 6) is -0.117. The summed E-state index contributed by atoms with van der Waals surface area (Å²) in [7, 11) is 1.77. The van der Waals surface area contributed by atoms with Crippen molar-refractivity contribution in [1.82, 2.24) is 9.80 Å². The van der Waals surface area contributed by atoms with Crippen LogP contribution in [0.5, 0.6) is 0 Å². The molecule has 4 rings (SSSR count). The molecule has 2 N–H and O–H groups in total. The third-order valence-corrected chi connectivity index (χ3v) is 7.39. The van der Waals surface area contributed by atoms with Gasteiger partial charge in [0, 0.05) is 42.7 Å². The van der Waals surface area contributed by atoms with Crippen LogP contribution in [0.25, 0.3) is 0 Å². The number of carbonyl (C=O) groups is 2. The van der Waals surface area contributed by atoms with Crippen LogP contribution in [0.3, 0.4) is 0 Å². The number of nitrogens with zero attached hydrogens (tertiary/aromatic N) is 2. The van der Waals surface area contributed by atoms with Gasteiger partial charge in [0.15, 0.2) is 0 Å². The number of piperidine rings is 1. The topological polar surface area (TPSA) is 90.3 Å². The van der Waals surface area contributed by atoms with E-state index in [9.17, 15) is 19.8 Å². The number of amides is 2. The van der Waals surface area contributed by atoms with Gasteiger partial charge in [-0.3, -0.25) is 4.79 Å². The zero-order chi connectivity index (χ0) is 21.1. The van der Waals surface area contributed by atoms with Crippen molar-refractivity contribution in [2.45, 2.75) is 58.3 Å². The van der Waals surface area contributed by atoms with Crippen LogP contribution in [0.15, 0.2) is 34.6 Å². The van der Waals surface area contributed by atoms with Crippen LogP contribution >= 0.6 is 0 Å². The second kappa shape index (κ2) is 6.99. The second-order valence-corrected chi connectivity index (χ2v) is 9.06. The van der Waals surface area contributed by atoms with E-state index < -0.39 is 18.3 Å². The van der Waals surface area contributed by atoms with Crippen molar-refractivity contribution in [3.63, 3.8) is 0 Å². The van der Waals surface area contributed by atoms with E-state index >= 15 is 0 Å². The van der Waals surface area contributed by atoms with Crippen molar-refractivity contribution >= 4 is 12.0 Å². The minimum atomic E-state index is -0.904. The molecule has 0 saturated carbocycles. The number of allylic oxidation sites excluding steroid dienone is 3. The predicted molar refractivity (Wildman–Crippen MR) is 107 cm³/mol. The summed E-state index contributed by atoms with van der Waals surface area (Å²) in [5, 5.41) is 20.4. The highest BCUT2D eigenvalue weighted by Crippen LogP contribution is 2.54. The number of fused-ring (bicyclic) bond motifs is 2. The lowest BCUT2D eigenvalue weighted by atomic mass is 9.59. The van der Waals surface area contributed by atoms with Gasteiger partial charge in [-0.15, -0.1) is 0 Å². The first-order chi connectivity index (χ1) is 13.6. The Kier molecular flexibility index (Phi) is 4.86. The van der Waals surface area contributed by atoms with Crippen molar-refractivity contribution < 1.29 is 24.5 Å². The molecule has 0 spiro atoms. The zero-order valence-corrected chi connectivity index (χ0v) is 17.5. The van der Waals surface area contributed by atoms with Gasteiger partial charge in [0.2, 0.25) is 0 Å². The fourth-order valence-electron chi connectivity index (χ4n) is 5.08. The number of rotatable bonds is 1. The normalized spacial score (nSPS) is 35.2. The number of likely N-dealkylation sites (tertiary alicyclic amines) is 1. The lowest BCUT2D eigenvalue weighted by molar-refractivity contribution is -0.123. The number of aliphatic hydroxyl groups is 2. The summed E-state index contributed by atoms with van der Waals surface area (Å²) in [6.45, 7) is 6.90. The van der Waals surface area contributed by atoms with Gasteiger partial charge in [0.1, 0.15) is 12.2 Å². The largest absolute Gasteiger partial charge is 0.443 e. The van der Waals surface area contributed by atoms with Crippen LogP contribution in [-0.4, -0.2) is 70.5 Å². The SMILES string of the molecule is CC1=C2CC3(C)C(=CC(O)C(OC(=O)N4CCC(O)CC4)C3C)C=C2N(C)C1=O. The average Bonchev–Trinajstić information content (AvgIpc) is 2.89. The molecule has 2 aliphatic heterocycles. The van der Waals surface area contributed by atoms with Crippen LogP contribution < -0.4 is 0 Å². The summed E-state index contributed by atoms with van der Waals surface area (Å²) >= 11 is 0. The molecule has 4 unspecified atom stereocenters. The fraction of sp³-hybridized carbons (Fsp3) is 0.636. The molecular weight excluding hydrogens is 372 g/mol. The van der Waals surface area contributed by atoms with E-state index in [0.29, 0.717) is 32.4 Å². The van der Waals surface area contributed by atoms with Crippen molar-refractivity contribution in [3.8, 4) is 0 Å². The van der Waals surface area contributed by atoms with Crippen molar-refractivity contribution in [2.75, 3.05) is 20.1 Å². The first-order valence-electron chi connectivity index (χ1n) is 10.4. The maximum Gasteiger partial charge on any atom is 0.410 e. The fourth-order valence-corrected chi connectivity index (χ4v) is 5.08. The molecule has 29 heavy (non-hydrogen) atoms. The number of likely N-dealkylation sites (N-methyl/N-ethyl adjacent to an activating group) is 1. The Bertz CT molecular complexity index is 836. The van der Waals surface area contributed by atoms with Crippen LogP contribution in [0, 0.1) is 11.3 Å². The van der Waals surface area contributed by atoms with Gasteiger partial charge in [-0.2, -0.15) is 0 Å². The molecule has 0 aromatic rings. The van der Waals surface area contributed by atoms with Gasteiger partial charge < -0.3 is 24.7 Å². The maximum atomic E-state index is 12.7. The number of carbonyl (C=O) groups excluding carboxylic acids is 2. The molecule has 1 saturated heterocycles. The Morgan fingerprint density at radius 2 is 1.93 bits per heavy atom. The van der Waals surface area contributed by atoms with E-state index in [4.69, 9.17) is 4.74 Å². The molecular formula is C22H30N2O5. The van der Waals surface area contributed by atoms with E-state index in [0.717, 1.165) is 22.4 Å². The highest BCUT2D eigenvalue weighted by Gasteiger charge is 2.51. The molecule has 4 atom stereocenters. The second-order valence-electron chi connectivity index (χ2n) is 9.06. The quantitative estimate of drug-likeness (QED) is 0.700. The Hall–Kier alpha value is -2.12. The Morgan fingerprint density at radius 3 is 2.59 bits per heavy atom. The lowest BCUT2D eigenvalue weighted by Crippen LogP contribution is -2.51. The van der Waals surface area contributed by atoms with E-state index in [1.165, 1.54) is 0 Å². The lowest BCUT2D eigenvalue weighted by Gasteiger charge is -2.48. The summed E-state index contributed by atoms with van der Waals surface area (Å²) in [4.78, 5) is 28.3. The molecule has 0 aromatic carbocycles. The smallest absolute Gasteiger partial charge is 0.410 e. The van der Waals surface area contributed by atoms with Crippen molar-refractivity contribution in [1.29, 1.82) is 0 Å². The van der Waals surface area contributed by atoms with E-state index in [-0.39, 0.29) is 23.3 Å². The van der Waals surface area contributed by atoms with Crippen LogP contribution in [0.2, 0.25) is 0 Å². The van der Waals surface area contributed by atoms with Gasteiger partial charge in [-0.05, 0) is 49.5 Å². The average molecular weight is 402 g/mol. The molecule has 158 valence electrons. The van der Waals surface area contributed by atoms with Crippen LogP contribution in [0.4, 0.5) is 4.79 Å². The minimum absolute atomic E-state index is 0.0116. The van der Waals surface area contributed by atoms with E-state index in [1.807, 2.05) is 19.9 Å². The first kappa shape index (κ1) is 20.2. The molecule has 4 aliphatic rings. The maximum absolute atomic E-state index is 12.7. The Labute approximate surface area is 171 Å². The molecule has 2 aliphatic carbocycles. The third-order valence-electron chi connectivity index (χ3n) is 7.39. The van der Waals surface area contributed by atoms with Crippen molar-refractivity contribution in [2.24, 2.45) is 11.3 Å².